The summed E-state index contributed by atoms with van der Waals surface area (Å²) in [7, 11) is 0. The zero-order valence-electron chi connectivity index (χ0n) is 18.5. The lowest BCUT2D eigenvalue weighted by Gasteiger charge is -2.14. The van der Waals surface area contributed by atoms with Crippen molar-refractivity contribution in [2.24, 2.45) is 11.7 Å². The van der Waals surface area contributed by atoms with Gasteiger partial charge in [-0.2, -0.15) is 0 Å². The Morgan fingerprint density at radius 2 is 1.91 bits per heavy atom. The first kappa shape index (κ1) is 21.8. The molecule has 2 aliphatic rings. The van der Waals surface area contributed by atoms with Crippen LogP contribution >= 0.6 is 11.6 Å². The Morgan fingerprint density at radius 3 is 2.61 bits per heavy atom. The van der Waals surface area contributed by atoms with Crippen LogP contribution in [0, 0.1) is 5.92 Å². The molecule has 0 unspecified atom stereocenters. The summed E-state index contributed by atoms with van der Waals surface area (Å²) >= 11 is 6.58. The van der Waals surface area contributed by atoms with Gasteiger partial charge in [0.1, 0.15) is 11.3 Å². The Hall–Kier alpha value is -3.06. The van der Waals surface area contributed by atoms with Gasteiger partial charge in [-0.1, -0.05) is 37.8 Å². The number of aromatic nitrogens is 2. The third-order valence-corrected chi connectivity index (χ3v) is 6.95. The van der Waals surface area contributed by atoms with Crippen LogP contribution in [0.1, 0.15) is 71.1 Å². The number of Topliss-reactive ketones (excluding diaryl/α,β-unsaturated/α-hetero) is 1. The number of primary amides is 1. The second-order valence-corrected chi connectivity index (χ2v) is 9.14. The summed E-state index contributed by atoms with van der Waals surface area (Å²) in [6.45, 7) is 2.63. The maximum atomic E-state index is 13.7. The van der Waals surface area contributed by atoms with Crippen LogP contribution in [0.15, 0.2) is 24.3 Å². The van der Waals surface area contributed by atoms with Crippen molar-refractivity contribution < 1.29 is 19.1 Å². The Labute approximate surface area is 196 Å². The highest BCUT2D eigenvalue weighted by atomic mass is 35.5. The van der Waals surface area contributed by atoms with Crippen LogP contribution in [0.2, 0.25) is 5.02 Å². The van der Waals surface area contributed by atoms with Crippen LogP contribution in [0.3, 0.4) is 0 Å². The molecule has 172 valence electrons. The molecule has 1 fully saturated rings. The van der Waals surface area contributed by atoms with E-state index in [4.69, 9.17) is 26.8 Å². The Balaban J connectivity index is 1.70. The van der Waals surface area contributed by atoms with E-state index < -0.39 is 5.91 Å². The summed E-state index contributed by atoms with van der Waals surface area (Å²) in [5.74, 6) is 0.846. The molecule has 7 nitrogen and oxygen atoms in total. The van der Waals surface area contributed by atoms with Gasteiger partial charge in [0.2, 0.25) is 6.79 Å². The minimum atomic E-state index is -0.605. The topological polar surface area (TPSA) is 96.4 Å². The van der Waals surface area contributed by atoms with E-state index in [1.54, 1.807) is 12.1 Å². The van der Waals surface area contributed by atoms with Gasteiger partial charge in [0.25, 0.3) is 5.91 Å². The van der Waals surface area contributed by atoms with Crippen molar-refractivity contribution in [3.8, 4) is 11.5 Å². The number of rotatable bonds is 7. The van der Waals surface area contributed by atoms with Gasteiger partial charge in [0.15, 0.2) is 17.3 Å². The van der Waals surface area contributed by atoms with Gasteiger partial charge >= 0.3 is 0 Å². The van der Waals surface area contributed by atoms with Crippen molar-refractivity contribution in [3.05, 3.63) is 51.8 Å². The van der Waals surface area contributed by atoms with Gasteiger partial charge in [0, 0.05) is 33.7 Å². The lowest BCUT2D eigenvalue weighted by atomic mass is 9.93. The fourth-order valence-electron chi connectivity index (χ4n) is 4.99. The van der Waals surface area contributed by atoms with Gasteiger partial charge in [-0.3, -0.25) is 9.59 Å². The molecule has 0 radical (unpaired) electrons. The predicted octanol–water partition coefficient (Wildman–Crippen LogP) is 4.89. The number of carbonyl (C=O) groups is 2. The quantitative estimate of drug-likeness (QED) is 0.499. The van der Waals surface area contributed by atoms with Crippen molar-refractivity contribution >= 4 is 34.3 Å². The van der Waals surface area contributed by atoms with Crippen LogP contribution in [0.5, 0.6) is 11.5 Å². The third kappa shape index (κ3) is 3.84. The molecule has 0 saturated heterocycles. The molecule has 0 bridgehead atoms. The van der Waals surface area contributed by atoms with Crippen LogP contribution < -0.4 is 15.2 Å². The second kappa shape index (κ2) is 8.71. The van der Waals surface area contributed by atoms with E-state index >= 15 is 0 Å². The lowest BCUT2D eigenvalue weighted by molar-refractivity contribution is 0.0922. The molecule has 0 atom stereocenters. The summed E-state index contributed by atoms with van der Waals surface area (Å²) in [5, 5.41) is 1.30. The highest BCUT2D eigenvalue weighted by molar-refractivity contribution is 6.31. The Kier molecular flexibility index (Phi) is 5.74. The number of amides is 1. The zero-order valence-corrected chi connectivity index (χ0v) is 19.3. The molecule has 3 heterocycles. The molecule has 33 heavy (non-hydrogen) atoms. The van der Waals surface area contributed by atoms with Gasteiger partial charge in [-0.05, 0) is 43.0 Å². The first-order valence-corrected chi connectivity index (χ1v) is 11.8. The summed E-state index contributed by atoms with van der Waals surface area (Å²) in [6, 6.07) is 7.02. The van der Waals surface area contributed by atoms with Gasteiger partial charge < -0.3 is 19.8 Å². The number of benzene rings is 1. The van der Waals surface area contributed by atoms with E-state index in [0.717, 1.165) is 54.3 Å². The van der Waals surface area contributed by atoms with Crippen molar-refractivity contribution in [2.45, 2.75) is 52.0 Å². The van der Waals surface area contributed by atoms with Crippen LogP contribution in [0.4, 0.5) is 0 Å². The minimum absolute atomic E-state index is 0.0320. The highest BCUT2D eigenvalue weighted by Gasteiger charge is 2.31. The summed E-state index contributed by atoms with van der Waals surface area (Å²) in [4.78, 5) is 30.1. The van der Waals surface area contributed by atoms with E-state index in [0.29, 0.717) is 35.1 Å². The lowest BCUT2D eigenvalue weighted by Crippen LogP contribution is -2.15. The fourth-order valence-corrected chi connectivity index (χ4v) is 5.20. The number of hydrogen-bond acceptors (Lipinski definition) is 5. The maximum absolute atomic E-state index is 13.7. The molecular weight excluding hydrogens is 442 g/mol. The first-order valence-electron chi connectivity index (χ1n) is 11.4. The van der Waals surface area contributed by atoms with Crippen LogP contribution in [-0.4, -0.2) is 28.0 Å². The van der Waals surface area contributed by atoms with Gasteiger partial charge in [-0.15, -0.1) is 0 Å². The second-order valence-electron chi connectivity index (χ2n) is 8.73. The molecule has 1 aliphatic carbocycles. The number of carbonyl (C=O) groups excluding carboxylic acids is 2. The predicted molar refractivity (Wildman–Crippen MR) is 125 cm³/mol. The average Bonchev–Trinajstić information content (AvgIpc) is 3.54. The Morgan fingerprint density at radius 1 is 1.18 bits per heavy atom. The molecule has 0 spiro atoms. The largest absolute Gasteiger partial charge is 0.454 e. The number of fused-ring (bicyclic) bond motifs is 2. The SMILES string of the molecule is CCCc1c(C(=O)C2CCCC2)c2ccc(C(N)=O)nc2n1Cc1cc2c(cc1Cl)OCO2. The van der Waals surface area contributed by atoms with Crippen molar-refractivity contribution in [1.82, 2.24) is 9.55 Å². The molecule has 1 amide bonds. The zero-order chi connectivity index (χ0) is 23.1. The van der Waals surface area contributed by atoms with E-state index in [1.807, 2.05) is 16.7 Å². The average molecular weight is 468 g/mol. The standard InChI is InChI=1S/C25H26ClN3O4/c1-2-5-19-22(23(30)14-6-3-4-7-14)16-8-9-18(24(27)31)28-25(16)29(19)12-15-10-20-21(11-17(15)26)33-13-32-20/h8-11,14H,2-7,12-13H2,1H3,(H2,27,31). The fraction of sp³-hybridized carbons (Fsp3) is 0.400. The molecule has 1 aromatic carbocycles. The molecule has 1 aliphatic heterocycles. The maximum Gasteiger partial charge on any atom is 0.267 e. The smallest absolute Gasteiger partial charge is 0.267 e. The van der Waals surface area contributed by atoms with E-state index in [-0.39, 0.29) is 24.2 Å². The molecule has 5 rings (SSSR count). The van der Waals surface area contributed by atoms with Gasteiger partial charge in [0.05, 0.1) is 6.54 Å². The van der Waals surface area contributed by atoms with Crippen molar-refractivity contribution in [1.29, 1.82) is 0 Å². The minimum Gasteiger partial charge on any atom is -0.454 e. The number of ketones is 1. The van der Waals surface area contributed by atoms with Gasteiger partial charge in [-0.25, -0.2) is 4.98 Å². The number of pyridine rings is 1. The molecule has 1 saturated carbocycles. The van der Waals surface area contributed by atoms with Crippen molar-refractivity contribution in [3.63, 3.8) is 0 Å². The number of ether oxygens (including phenoxy) is 2. The Bertz CT molecular complexity index is 1260. The number of nitrogens with two attached hydrogens (primary N) is 1. The summed E-state index contributed by atoms with van der Waals surface area (Å²) in [5.41, 5.74) is 8.73. The number of halogens is 1. The highest BCUT2D eigenvalue weighted by Crippen LogP contribution is 2.39. The molecule has 8 heteroatoms. The summed E-state index contributed by atoms with van der Waals surface area (Å²) < 4.78 is 13.0. The monoisotopic (exact) mass is 467 g/mol. The van der Waals surface area contributed by atoms with E-state index in [9.17, 15) is 9.59 Å². The van der Waals surface area contributed by atoms with E-state index in [1.165, 1.54) is 0 Å². The first-order chi connectivity index (χ1) is 16.0. The molecule has 2 N–H and O–H groups in total. The molecule has 3 aromatic rings. The number of hydrogen-bond donors (Lipinski definition) is 1. The third-order valence-electron chi connectivity index (χ3n) is 6.60. The van der Waals surface area contributed by atoms with E-state index in [2.05, 4.69) is 11.9 Å². The molecular formula is C25H26ClN3O4. The molecule has 2 aromatic heterocycles. The number of nitrogens with zero attached hydrogens (tertiary/aromatic N) is 2. The van der Waals surface area contributed by atoms with Crippen molar-refractivity contribution in [2.75, 3.05) is 6.79 Å². The van der Waals surface area contributed by atoms with Crippen LogP contribution in [0.25, 0.3) is 11.0 Å². The summed E-state index contributed by atoms with van der Waals surface area (Å²) in [6.07, 6.45) is 5.55. The normalized spacial score (nSPS) is 15.5. The van der Waals surface area contributed by atoms with Crippen LogP contribution in [-0.2, 0) is 13.0 Å².